The second kappa shape index (κ2) is 5.30. The molecule has 2 rings (SSSR count). The molecule has 0 aliphatic carbocycles. The van der Waals surface area contributed by atoms with Gasteiger partial charge in [-0.3, -0.25) is 14.4 Å². The Morgan fingerprint density at radius 3 is 2.89 bits per heavy atom. The van der Waals surface area contributed by atoms with Crippen molar-refractivity contribution in [1.82, 2.24) is 14.7 Å². The molecule has 2 heterocycles. The van der Waals surface area contributed by atoms with Crippen LogP contribution in [0.15, 0.2) is 6.20 Å². The molecule has 0 aromatic carbocycles. The Labute approximate surface area is 113 Å². The van der Waals surface area contributed by atoms with E-state index in [9.17, 15) is 9.90 Å². The Kier molecular flexibility index (Phi) is 3.91. The molecule has 1 fully saturated rings. The van der Waals surface area contributed by atoms with Crippen LogP contribution in [0.4, 0.5) is 0 Å². The summed E-state index contributed by atoms with van der Waals surface area (Å²) in [5.41, 5.74) is 1.25. The molecule has 19 heavy (non-hydrogen) atoms. The second-order valence-electron chi connectivity index (χ2n) is 5.19. The number of rotatable bonds is 5. The molecule has 0 bridgehead atoms. The smallest absolute Gasteiger partial charge is 0.326 e. The number of ether oxygens (including phenoxy) is 1. The predicted molar refractivity (Wildman–Crippen MR) is 69.8 cm³/mol. The number of likely N-dealkylation sites (tertiary alicyclic amines) is 1. The lowest BCUT2D eigenvalue weighted by Crippen LogP contribution is -2.53. The predicted octanol–water partition coefficient (Wildman–Crippen LogP) is 0.794. The summed E-state index contributed by atoms with van der Waals surface area (Å²) in [6.07, 6.45) is 3.32. The zero-order valence-electron chi connectivity index (χ0n) is 11.7. The molecular formula is C13H21N3O3. The molecule has 0 amide bonds. The van der Waals surface area contributed by atoms with Gasteiger partial charge in [0.2, 0.25) is 0 Å². The van der Waals surface area contributed by atoms with Gasteiger partial charge in [0.15, 0.2) is 0 Å². The number of hydrogen-bond acceptors (Lipinski definition) is 4. The highest BCUT2D eigenvalue weighted by atomic mass is 16.5. The van der Waals surface area contributed by atoms with Crippen LogP contribution in [0.1, 0.15) is 24.1 Å². The standard InChI is InChI=1S/C13H21N3O3/c1-10-7-14-15(2)11(10)8-16-6-4-5-13(16,9-19-3)12(17)18/h7H,4-6,8-9H2,1-3H3,(H,17,18). The molecule has 0 radical (unpaired) electrons. The number of hydrogen-bond donors (Lipinski definition) is 1. The van der Waals surface area contributed by atoms with Crippen molar-refractivity contribution in [1.29, 1.82) is 0 Å². The SMILES string of the molecule is COCC1(C(=O)O)CCCN1Cc1c(C)cnn1C. The van der Waals surface area contributed by atoms with Gasteiger partial charge in [0.1, 0.15) is 5.54 Å². The maximum absolute atomic E-state index is 11.7. The maximum Gasteiger partial charge on any atom is 0.326 e. The van der Waals surface area contributed by atoms with Gasteiger partial charge in [-0.15, -0.1) is 0 Å². The third-order valence-corrected chi connectivity index (χ3v) is 4.02. The number of carboxylic acids is 1. The minimum Gasteiger partial charge on any atom is -0.480 e. The van der Waals surface area contributed by atoms with Crippen molar-refractivity contribution >= 4 is 5.97 Å². The van der Waals surface area contributed by atoms with Gasteiger partial charge < -0.3 is 9.84 Å². The summed E-state index contributed by atoms with van der Waals surface area (Å²) >= 11 is 0. The van der Waals surface area contributed by atoms with Crippen LogP contribution < -0.4 is 0 Å². The summed E-state index contributed by atoms with van der Waals surface area (Å²) in [5.74, 6) is -0.799. The molecule has 1 aromatic rings. The average Bonchev–Trinajstić information content (AvgIpc) is 2.90. The molecule has 1 saturated heterocycles. The van der Waals surface area contributed by atoms with Gasteiger partial charge in [0.05, 0.1) is 18.5 Å². The zero-order chi connectivity index (χ0) is 14.0. The summed E-state index contributed by atoms with van der Waals surface area (Å²) in [5, 5.41) is 13.8. The summed E-state index contributed by atoms with van der Waals surface area (Å²) in [7, 11) is 3.44. The van der Waals surface area contributed by atoms with Crippen molar-refractivity contribution in [3.05, 3.63) is 17.5 Å². The van der Waals surface area contributed by atoms with Crippen molar-refractivity contribution < 1.29 is 14.6 Å². The summed E-state index contributed by atoms with van der Waals surface area (Å²) in [6, 6.07) is 0. The Balaban J connectivity index is 2.25. The third-order valence-electron chi connectivity index (χ3n) is 4.02. The van der Waals surface area contributed by atoms with Crippen LogP contribution in [0.3, 0.4) is 0 Å². The van der Waals surface area contributed by atoms with Crippen LogP contribution >= 0.6 is 0 Å². The lowest BCUT2D eigenvalue weighted by atomic mass is 9.97. The van der Waals surface area contributed by atoms with Gasteiger partial charge in [-0.2, -0.15) is 5.10 Å². The Morgan fingerprint density at radius 2 is 2.37 bits per heavy atom. The molecule has 0 spiro atoms. The van der Waals surface area contributed by atoms with Crippen molar-refractivity contribution in [2.75, 3.05) is 20.3 Å². The second-order valence-corrected chi connectivity index (χ2v) is 5.19. The normalized spacial score (nSPS) is 23.9. The Bertz CT molecular complexity index is 452. The van der Waals surface area contributed by atoms with Gasteiger partial charge >= 0.3 is 5.97 Å². The zero-order valence-corrected chi connectivity index (χ0v) is 11.7. The lowest BCUT2D eigenvalue weighted by molar-refractivity contribution is -0.153. The molecule has 6 heteroatoms. The number of aliphatic carboxylic acids is 1. The van der Waals surface area contributed by atoms with E-state index in [1.165, 1.54) is 0 Å². The van der Waals surface area contributed by atoms with E-state index in [4.69, 9.17) is 4.74 Å². The highest BCUT2D eigenvalue weighted by Crippen LogP contribution is 2.32. The third kappa shape index (κ3) is 2.37. The molecule has 1 atom stereocenters. The van der Waals surface area contributed by atoms with Crippen LogP contribution in [0.2, 0.25) is 0 Å². The van der Waals surface area contributed by atoms with E-state index >= 15 is 0 Å². The fraction of sp³-hybridized carbons (Fsp3) is 0.692. The van der Waals surface area contributed by atoms with Gasteiger partial charge in [0, 0.05) is 20.7 Å². The first kappa shape index (κ1) is 14.0. The van der Waals surface area contributed by atoms with Crippen LogP contribution in [0, 0.1) is 6.92 Å². The van der Waals surface area contributed by atoms with Crippen LogP contribution in [-0.2, 0) is 23.1 Å². The van der Waals surface area contributed by atoms with Crippen LogP contribution in [0.25, 0.3) is 0 Å². The van der Waals surface area contributed by atoms with Crippen molar-refractivity contribution in [3.63, 3.8) is 0 Å². The summed E-state index contributed by atoms with van der Waals surface area (Å²) in [4.78, 5) is 13.7. The number of methoxy groups -OCH3 is 1. The Morgan fingerprint density at radius 1 is 1.63 bits per heavy atom. The first-order valence-electron chi connectivity index (χ1n) is 6.46. The minimum absolute atomic E-state index is 0.221. The van der Waals surface area contributed by atoms with Gasteiger partial charge in [-0.1, -0.05) is 0 Å². The summed E-state index contributed by atoms with van der Waals surface area (Å²) in [6.45, 7) is 3.59. The van der Waals surface area contributed by atoms with Crippen molar-refractivity contribution in [2.24, 2.45) is 7.05 Å². The van der Waals surface area contributed by atoms with Crippen molar-refractivity contribution in [2.45, 2.75) is 31.8 Å². The number of carboxylic acid groups (broad SMARTS) is 1. The lowest BCUT2D eigenvalue weighted by Gasteiger charge is -2.34. The average molecular weight is 267 g/mol. The largest absolute Gasteiger partial charge is 0.480 e. The molecule has 1 aliphatic heterocycles. The maximum atomic E-state index is 11.7. The fourth-order valence-corrected chi connectivity index (χ4v) is 2.85. The summed E-state index contributed by atoms with van der Waals surface area (Å²) < 4.78 is 6.97. The molecular weight excluding hydrogens is 246 g/mol. The molecule has 1 aromatic heterocycles. The van der Waals surface area contributed by atoms with E-state index in [-0.39, 0.29) is 6.61 Å². The molecule has 1 unspecified atom stereocenters. The minimum atomic E-state index is -0.897. The molecule has 1 N–H and O–H groups in total. The first-order valence-corrected chi connectivity index (χ1v) is 6.46. The molecule has 1 aliphatic rings. The van der Waals surface area contributed by atoms with Gasteiger partial charge in [0.25, 0.3) is 0 Å². The number of aromatic nitrogens is 2. The quantitative estimate of drug-likeness (QED) is 0.854. The monoisotopic (exact) mass is 267 g/mol. The molecule has 6 nitrogen and oxygen atoms in total. The number of nitrogens with zero attached hydrogens (tertiary/aromatic N) is 3. The van der Waals surface area contributed by atoms with E-state index in [1.54, 1.807) is 7.11 Å². The van der Waals surface area contributed by atoms with Gasteiger partial charge in [-0.05, 0) is 31.9 Å². The van der Waals surface area contributed by atoms with Crippen LogP contribution in [0.5, 0.6) is 0 Å². The van der Waals surface area contributed by atoms with Crippen LogP contribution in [-0.4, -0.2) is 51.6 Å². The van der Waals surface area contributed by atoms with E-state index in [0.717, 1.165) is 24.2 Å². The van der Waals surface area contributed by atoms with E-state index < -0.39 is 11.5 Å². The van der Waals surface area contributed by atoms with E-state index in [0.29, 0.717) is 13.0 Å². The topological polar surface area (TPSA) is 67.6 Å². The molecule has 106 valence electrons. The molecule has 0 saturated carbocycles. The number of aryl methyl sites for hydroxylation is 2. The number of carbonyl (C=O) groups is 1. The van der Waals surface area contributed by atoms with E-state index in [1.807, 2.05) is 29.7 Å². The van der Waals surface area contributed by atoms with E-state index in [2.05, 4.69) is 5.10 Å². The highest BCUT2D eigenvalue weighted by molar-refractivity contribution is 5.79. The van der Waals surface area contributed by atoms with Gasteiger partial charge in [-0.25, -0.2) is 0 Å². The highest BCUT2D eigenvalue weighted by Gasteiger charge is 2.48. The fourth-order valence-electron chi connectivity index (χ4n) is 2.85. The first-order chi connectivity index (χ1) is 9.01. The van der Waals surface area contributed by atoms with Crippen molar-refractivity contribution in [3.8, 4) is 0 Å². The Hall–Kier alpha value is -1.40.